The van der Waals surface area contributed by atoms with Crippen LogP contribution in [-0.4, -0.2) is 33.8 Å². The summed E-state index contributed by atoms with van der Waals surface area (Å²) in [6.45, 7) is 6.38. The minimum Gasteiger partial charge on any atom is -0.473 e. The van der Waals surface area contributed by atoms with Gasteiger partial charge in [-0.3, -0.25) is 0 Å². The predicted molar refractivity (Wildman–Crippen MR) is 96.7 cm³/mol. The van der Waals surface area contributed by atoms with Crippen LogP contribution in [0.2, 0.25) is 0 Å². The molecule has 0 amide bonds. The van der Waals surface area contributed by atoms with Crippen LogP contribution in [0.3, 0.4) is 0 Å². The van der Waals surface area contributed by atoms with Gasteiger partial charge in [-0.05, 0) is 56.3 Å². The summed E-state index contributed by atoms with van der Waals surface area (Å²) in [6.07, 6.45) is 4.46. The van der Waals surface area contributed by atoms with E-state index in [4.69, 9.17) is 4.74 Å². The Hall–Kier alpha value is -1.92. The highest BCUT2D eigenvalue weighted by Crippen LogP contribution is 2.28. The highest BCUT2D eigenvalue weighted by atomic mass is 32.1. The number of hydrogen-bond acceptors (Lipinski definition) is 5. The quantitative estimate of drug-likeness (QED) is 0.788. The molecule has 0 bridgehead atoms. The number of nitrogens with one attached hydrogen (secondary N) is 1. The molecule has 1 aliphatic rings. The molecule has 6 heteroatoms. The van der Waals surface area contributed by atoms with Gasteiger partial charge in [-0.25, -0.2) is 9.50 Å². The smallest absolute Gasteiger partial charge is 0.232 e. The Morgan fingerprint density at radius 3 is 3.08 bits per heavy atom. The first-order valence-corrected chi connectivity index (χ1v) is 9.36. The first-order valence-electron chi connectivity index (χ1n) is 8.48. The van der Waals surface area contributed by atoms with Crippen LogP contribution in [0.4, 0.5) is 0 Å². The number of aryl methyl sites for hydroxylation is 1. The van der Waals surface area contributed by atoms with Crippen molar-refractivity contribution in [2.24, 2.45) is 5.92 Å². The summed E-state index contributed by atoms with van der Waals surface area (Å²) in [5.74, 6) is 1.20. The SMILES string of the molecule is Cc1csc(-c2cnc3ccc(OC(C)C4CCCNC4)nn23)c1. The van der Waals surface area contributed by atoms with E-state index in [1.807, 2.05) is 22.8 Å². The van der Waals surface area contributed by atoms with Crippen molar-refractivity contribution in [3.8, 4) is 16.5 Å². The molecule has 0 aliphatic carbocycles. The molecule has 0 radical (unpaired) electrons. The molecule has 0 aromatic carbocycles. The third-order valence-corrected chi connectivity index (χ3v) is 5.70. The third kappa shape index (κ3) is 3.03. The van der Waals surface area contributed by atoms with E-state index in [0.29, 0.717) is 11.8 Å². The summed E-state index contributed by atoms with van der Waals surface area (Å²) in [5.41, 5.74) is 3.12. The van der Waals surface area contributed by atoms with Gasteiger partial charge in [0.05, 0.1) is 11.1 Å². The van der Waals surface area contributed by atoms with Crippen LogP contribution in [0.1, 0.15) is 25.3 Å². The van der Waals surface area contributed by atoms with Gasteiger partial charge in [-0.2, -0.15) is 0 Å². The number of fused-ring (bicyclic) bond motifs is 1. The lowest BCUT2D eigenvalue weighted by molar-refractivity contribution is 0.124. The molecule has 0 spiro atoms. The molecule has 1 saturated heterocycles. The number of hydrogen-bond donors (Lipinski definition) is 1. The van der Waals surface area contributed by atoms with Crippen LogP contribution in [0.15, 0.2) is 29.8 Å². The van der Waals surface area contributed by atoms with Gasteiger partial charge in [0.15, 0.2) is 5.65 Å². The van der Waals surface area contributed by atoms with Gasteiger partial charge in [-0.15, -0.1) is 16.4 Å². The zero-order valence-corrected chi connectivity index (χ0v) is 14.8. The van der Waals surface area contributed by atoms with Crippen LogP contribution < -0.4 is 10.1 Å². The second-order valence-electron chi connectivity index (χ2n) is 6.50. The largest absolute Gasteiger partial charge is 0.473 e. The van der Waals surface area contributed by atoms with Crippen molar-refractivity contribution in [3.63, 3.8) is 0 Å². The van der Waals surface area contributed by atoms with Gasteiger partial charge in [0.25, 0.3) is 0 Å². The summed E-state index contributed by atoms with van der Waals surface area (Å²) < 4.78 is 8.01. The molecule has 4 rings (SSSR count). The van der Waals surface area contributed by atoms with Gasteiger partial charge >= 0.3 is 0 Å². The molecular weight excluding hydrogens is 320 g/mol. The van der Waals surface area contributed by atoms with Gasteiger partial charge in [0, 0.05) is 18.5 Å². The maximum atomic E-state index is 6.13. The summed E-state index contributed by atoms with van der Waals surface area (Å²) in [7, 11) is 0. The van der Waals surface area contributed by atoms with Crippen molar-refractivity contribution >= 4 is 17.0 Å². The Balaban J connectivity index is 1.60. The summed E-state index contributed by atoms with van der Waals surface area (Å²) in [5, 5.41) is 10.3. The normalized spacial score (nSPS) is 19.5. The summed E-state index contributed by atoms with van der Waals surface area (Å²) >= 11 is 1.71. The highest BCUT2D eigenvalue weighted by molar-refractivity contribution is 7.13. The minimum absolute atomic E-state index is 0.152. The zero-order chi connectivity index (χ0) is 16.5. The van der Waals surface area contributed by atoms with Crippen LogP contribution in [-0.2, 0) is 0 Å². The van der Waals surface area contributed by atoms with E-state index in [2.05, 4.69) is 40.7 Å². The van der Waals surface area contributed by atoms with Crippen molar-refractivity contribution < 1.29 is 4.74 Å². The number of piperidine rings is 1. The molecule has 1 N–H and O–H groups in total. The van der Waals surface area contributed by atoms with E-state index >= 15 is 0 Å². The Kier molecular flexibility index (Phi) is 4.24. The van der Waals surface area contributed by atoms with Crippen LogP contribution in [0.5, 0.6) is 5.88 Å². The molecule has 5 nitrogen and oxygen atoms in total. The lowest BCUT2D eigenvalue weighted by Gasteiger charge is -2.28. The van der Waals surface area contributed by atoms with E-state index < -0.39 is 0 Å². The van der Waals surface area contributed by atoms with Crippen LogP contribution in [0, 0.1) is 12.8 Å². The number of thiophene rings is 1. The third-order valence-electron chi connectivity index (χ3n) is 4.63. The van der Waals surface area contributed by atoms with Gasteiger partial charge in [0.1, 0.15) is 11.8 Å². The Labute approximate surface area is 145 Å². The molecule has 1 aliphatic heterocycles. The molecule has 3 aromatic heterocycles. The predicted octanol–water partition coefficient (Wildman–Crippen LogP) is 3.53. The number of ether oxygens (including phenoxy) is 1. The Morgan fingerprint density at radius 2 is 2.33 bits per heavy atom. The molecule has 3 aromatic rings. The van der Waals surface area contributed by atoms with Gasteiger partial charge in [0.2, 0.25) is 5.88 Å². The molecular formula is C18H22N4OS. The fourth-order valence-electron chi connectivity index (χ4n) is 3.22. The number of aromatic nitrogens is 3. The molecule has 4 heterocycles. The van der Waals surface area contributed by atoms with E-state index in [1.165, 1.54) is 23.3 Å². The minimum atomic E-state index is 0.152. The Bertz CT molecular complexity index is 835. The fraction of sp³-hybridized carbons (Fsp3) is 0.444. The average Bonchev–Trinajstić information content (AvgIpc) is 3.21. The molecule has 126 valence electrons. The topological polar surface area (TPSA) is 51.5 Å². The second-order valence-corrected chi connectivity index (χ2v) is 7.41. The summed E-state index contributed by atoms with van der Waals surface area (Å²) in [4.78, 5) is 5.63. The first-order chi connectivity index (χ1) is 11.7. The van der Waals surface area contributed by atoms with Gasteiger partial charge in [-0.1, -0.05) is 0 Å². The lowest BCUT2D eigenvalue weighted by Crippen LogP contribution is -2.38. The monoisotopic (exact) mass is 342 g/mol. The van der Waals surface area contributed by atoms with Crippen LogP contribution >= 0.6 is 11.3 Å². The van der Waals surface area contributed by atoms with Crippen molar-refractivity contribution in [3.05, 3.63) is 35.3 Å². The van der Waals surface area contributed by atoms with E-state index in [0.717, 1.165) is 24.4 Å². The molecule has 2 unspecified atom stereocenters. The van der Waals surface area contributed by atoms with E-state index in [1.54, 1.807) is 11.3 Å². The Morgan fingerprint density at radius 1 is 1.42 bits per heavy atom. The van der Waals surface area contributed by atoms with Crippen LogP contribution in [0.25, 0.3) is 16.2 Å². The maximum absolute atomic E-state index is 6.13. The molecule has 2 atom stereocenters. The van der Waals surface area contributed by atoms with Crippen molar-refractivity contribution in [1.29, 1.82) is 0 Å². The maximum Gasteiger partial charge on any atom is 0.232 e. The van der Waals surface area contributed by atoms with Crippen molar-refractivity contribution in [2.75, 3.05) is 13.1 Å². The second kappa shape index (κ2) is 6.53. The van der Waals surface area contributed by atoms with Gasteiger partial charge < -0.3 is 10.1 Å². The number of rotatable bonds is 4. The summed E-state index contributed by atoms with van der Waals surface area (Å²) in [6, 6.07) is 6.05. The molecule has 0 saturated carbocycles. The zero-order valence-electron chi connectivity index (χ0n) is 14.0. The van der Waals surface area contributed by atoms with Crippen molar-refractivity contribution in [1.82, 2.24) is 19.9 Å². The fourth-order valence-corrected chi connectivity index (χ4v) is 4.11. The molecule has 24 heavy (non-hydrogen) atoms. The molecule has 1 fully saturated rings. The first kappa shape index (κ1) is 15.6. The van der Waals surface area contributed by atoms with E-state index in [9.17, 15) is 0 Å². The average molecular weight is 342 g/mol. The highest BCUT2D eigenvalue weighted by Gasteiger charge is 2.22. The lowest BCUT2D eigenvalue weighted by atomic mass is 9.95. The number of nitrogens with zero attached hydrogens (tertiary/aromatic N) is 3. The standard InChI is InChI=1S/C18H22N4OS/c1-12-8-16(24-11-12)15-10-20-17-5-6-18(21-22(15)17)23-13(2)14-4-3-7-19-9-14/h5-6,8,10-11,13-14,19H,3-4,7,9H2,1-2H3. The number of imidazole rings is 1. The van der Waals surface area contributed by atoms with E-state index in [-0.39, 0.29) is 6.10 Å². The van der Waals surface area contributed by atoms with Crippen molar-refractivity contribution in [2.45, 2.75) is 32.8 Å².